The summed E-state index contributed by atoms with van der Waals surface area (Å²) in [6.07, 6.45) is 2.97. The molecule has 4 heteroatoms. The van der Waals surface area contributed by atoms with E-state index in [1.165, 1.54) is 0 Å². The number of para-hydroxylation sites is 1. The summed E-state index contributed by atoms with van der Waals surface area (Å²) < 4.78 is 7.48. The third-order valence-corrected chi connectivity index (χ3v) is 3.34. The molecule has 2 atom stereocenters. The van der Waals surface area contributed by atoms with E-state index in [2.05, 4.69) is 18.9 Å². The van der Waals surface area contributed by atoms with Gasteiger partial charge >= 0.3 is 0 Å². The highest BCUT2D eigenvalue weighted by atomic mass is 16.5. The summed E-state index contributed by atoms with van der Waals surface area (Å²) in [6.45, 7) is 4.54. The van der Waals surface area contributed by atoms with Crippen LogP contribution in [0.1, 0.15) is 32.0 Å². The first-order valence-corrected chi connectivity index (χ1v) is 7.09. The fourth-order valence-electron chi connectivity index (χ4n) is 1.93. The minimum absolute atomic E-state index is 0.278. The number of ether oxygens (including phenoxy) is 1. The van der Waals surface area contributed by atoms with Crippen LogP contribution in [0.25, 0.3) is 0 Å². The maximum atomic E-state index is 9.99. The molecule has 0 amide bonds. The van der Waals surface area contributed by atoms with Crippen LogP contribution in [0.3, 0.4) is 0 Å². The molecule has 2 aromatic rings. The summed E-state index contributed by atoms with van der Waals surface area (Å²) in [6, 6.07) is 11.9. The lowest BCUT2D eigenvalue weighted by Gasteiger charge is -2.11. The summed E-state index contributed by atoms with van der Waals surface area (Å²) in [7, 11) is 0. The van der Waals surface area contributed by atoms with Crippen molar-refractivity contribution in [3.05, 3.63) is 48.3 Å². The molecule has 2 rings (SSSR count). The Morgan fingerprint density at radius 1 is 1.25 bits per heavy atom. The Bertz CT molecular complexity index is 510. The first kappa shape index (κ1) is 14.6. The van der Waals surface area contributed by atoms with Gasteiger partial charge in [-0.15, -0.1) is 0 Å². The summed E-state index contributed by atoms with van der Waals surface area (Å²) in [5.41, 5.74) is 0.898. The van der Waals surface area contributed by atoms with Crippen LogP contribution in [0, 0.1) is 0 Å². The van der Waals surface area contributed by atoms with E-state index < -0.39 is 6.10 Å². The summed E-state index contributed by atoms with van der Waals surface area (Å²) in [5.74, 6) is 0.775. The lowest BCUT2D eigenvalue weighted by Crippen LogP contribution is -2.20. The van der Waals surface area contributed by atoms with Crippen molar-refractivity contribution >= 4 is 0 Å². The Morgan fingerprint density at radius 3 is 2.70 bits per heavy atom. The number of nitrogens with zero attached hydrogens (tertiary/aromatic N) is 2. The van der Waals surface area contributed by atoms with Crippen molar-refractivity contribution in [2.24, 2.45) is 0 Å². The third-order valence-electron chi connectivity index (χ3n) is 3.34. The number of aromatic nitrogens is 2. The minimum Gasteiger partial charge on any atom is -0.491 e. The highest BCUT2D eigenvalue weighted by Crippen LogP contribution is 2.12. The zero-order chi connectivity index (χ0) is 14.4. The van der Waals surface area contributed by atoms with Crippen molar-refractivity contribution < 1.29 is 9.84 Å². The molecule has 108 valence electrons. The zero-order valence-electron chi connectivity index (χ0n) is 12.1. The number of hydrogen-bond donors (Lipinski definition) is 1. The molecule has 1 N–H and O–H groups in total. The Balaban J connectivity index is 1.82. The molecule has 0 spiro atoms. The average molecular weight is 274 g/mol. The van der Waals surface area contributed by atoms with Gasteiger partial charge in [0.25, 0.3) is 0 Å². The number of benzene rings is 1. The predicted octanol–water partition coefficient (Wildman–Crippen LogP) is 2.84. The van der Waals surface area contributed by atoms with Gasteiger partial charge in [-0.25, -0.2) is 0 Å². The van der Waals surface area contributed by atoms with Gasteiger partial charge in [-0.3, -0.25) is 4.68 Å². The molecule has 0 aliphatic carbocycles. The monoisotopic (exact) mass is 274 g/mol. The van der Waals surface area contributed by atoms with Crippen molar-refractivity contribution in [3.63, 3.8) is 0 Å². The number of aliphatic hydroxyl groups is 1. The lowest BCUT2D eigenvalue weighted by molar-refractivity contribution is 0.106. The second-order valence-corrected chi connectivity index (χ2v) is 5.03. The number of aliphatic hydroxyl groups excluding tert-OH is 1. The van der Waals surface area contributed by atoms with E-state index in [1.54, 1.807) is 0 Å². The summed E-state index contributed by atoms with van der Waals surface area (Å²) in [5, 5.41) is 14.5. The van der Waals surface area contributed by atoms with E-state index in [9.17, 15) is 5.11 Å². The normalized spacial score (nSPS) is 13.9. The highest BCUT2D eigenvalue weighted by Gasteiger charge is 2.10. The van der Waals surface area contributed by atoms with Crippen molar-refractivity contribution in [2.75, 3.05) is 6.61 Å². The lowest BCUT2D eigenvalue weighted by atomic mass is 10.2. The average Bonchev–Trinajstić information content (AvgIpc) is 2.94. The highest BCUT2D eigenvalue weighted by molar-refractivity contribution is 5.20. The Hall–Kier alpha value is -1.81. The number of rotatable bonds is 7. The maximum absolute atomic E-state index is 9.99. The Morgan fingerprint density at radius 2 is 2.00 bits per heavy atom. The molecule has 2 unspecified atom stereocenters. The Kier molecular flexibility index (Phi) is 5.18. The first-order chi connectivity index (χ1) is 9.69. The Labute approximate surface area is 120 Å². The molecular formula is C16H22N2O2. The van der Waals surface area contributed by atoms with Gasteiger partial charge in [-0.1, -0.05) is 25.1 Å². The van der Waals surface area contributed by atoms with Crippen LogP contribution in [0.15, 0.2) is 42.6 Å². The van der Waals surface area contributed by atoms with Gasteiger partial charge in [0.1, 0.15) is 12.4 Å². The fourth-order valence-corrected chi connectivity index (χ4v) is 1.93. The van der Waals surface area contributed by atoms with Crippen LogP contribution in [-0.4, -0.2) is 27.6 Å². The molecule has 1 aromatic heterocycles. The topological polar surface area (TPSA) is 47.3 Å². The summed E-state index contributed by atoms with van der Waals surface area (Å²) in [4.78, 5) is 0. The van der Waals surface area contributed by atoms with E-state index in [0.717, 1.165) is 17.9 Å². The van der Waals surface area contributed by atoms with Crippen molar-refractivity contribution in [2.45, 2.75) is 38.8 Å². The second kappa shape index (κ2) is 7.10. The molecule has 0 fully saturated rings. The number of hydrogen-bond acceptors (Lipinski definition) is 3. The molecule has 0 bridgehead atoms. The summed E-state index contributed by atoms with van der Waals surface area (Å²) >= 11 is 0. The predicted molar refractivity (Wildman–Crippen MR) is 78.9 cm³/mol. The van der Waals surface area contributed by atoms with Crippen LogP contribution >= 0.6 is 0 Å². The molecule has 0 radical (unpaired) electrons. The maximum Gasteiger partial charge on any atom is 0.119 e. The van der Waals surface area contributed by atoms with E-state index in [4.69, 9.17) is 4.74 Å². The van der Waals surface area contributed by atoms with Gasteiger partial charge in [0.05, 0.1) is 11.8 Å². The minimum atomic E-state index is -0.546. The fraction of sp³-hybridized carbons (Fsp3) is 0.438. The molecule has 1 aromatic carbocycles. The molecule has 0 saturated heterocycles. The first-order valence-electron chi connectivity index (χ1n) is 7.09. The van der Waals surface area contributed by atoms with Crippen molar-refractivity contribution in [1.82, 2.24) is 9.78 Å². The van der Waals surface area contributed by atoms with Crippen LogP contribution in [0.5, 0.6) is 5.75 Å². The zero-order valence-corrected chi connectivity index (χ0v) is 12.1. The van der Waals surface area contributed by atoms with Gasteiger partial charge in [-0.2, -0.15) is 5.10 Å². The van der Waals surface area contributed by atoms with Crippen LogP contribution in [0.2, 0.25) is 0 Å². The second-order valence-electron chi connectivity index (χ2n) is 5.03. The smallest absolute Gasteiger partial charge is 0.119 e. The van der Waals surface area contributed by atoms with E-state index >= 15 is 0 Å². The van der Waals surface area contributed by atoms with Crippen LogP contribution in [0.4, 0.5) is 0 Å². The van der Waals surface area contributed by atoms with Crippen molar-refractivity contribution in [3.8, 4) is 5.75 Å². The molecule has 0 aliphatic heterocycles. The molecule has 1 heterocycles. The molecule has 0 aliphatic rings. The SMILES string of the molecule is CCC(C)n1ccc(CC(O)COc2ccccc2)n1. The molecule has 0 saturated carbocycles. The van der Waals surface area contributed by atoms with Crippen LogP contribution in [-0.2, 0) is 6.42 Å². The van der Waals surface area contributed by atoms with E-state index in [0.29, 0.717) is 12.5 Å². The largest absolute Gasteiger partial charge is 0.491 e. The van der Waals surface area contributed by atoms with Gasteiger partial charge in [0.15, 0.2) is 0 Å². The standard InChI is InChI=1S/C16H22N2O2/c1-3-13(2)18-10-9-14(17-18)11-15(19)12-20-16-7-5-4-6-8-16/h4-10,13,15,19H,3,11-12H2,1-2H3. The van der Waals surface area contributed by atoms with Crippen molar-refractivity contribution in [1.29, 1.82) is 0 Å². The molecular weight excluding hydrogens is 252 g/mol. The van der Waals surface area contributed by atoms with Gasteiger partial charge in [0.2, 0.25) is 0 Å². The van der Waals surface area contributed by atoms with Gasteiger partial charge < -0.3 is 9.84 Å². The van der Waals surface area contributed by atoms with Crippen LogP contribution < -0.4 is 4.74 Å². The van der Waals surface area contributed by atoms with Gasteiger partial charge in [-0.05, 0) is 31.5 Å². The van der Waals surface area contributed by atoms with E-state index in [-0.39, 0.29) is 6.61 Å². The van der Waals surface area contributed by atoms with E-state index in [1.807, 2.05) is 47.3 Å². The molecule has 20 heavy (non-hydrogen) atoms. The quantitative estimate of drug-likeness (QED) is 0.844. The molecule has 4 nitrogen and oxygen atoms in total. The van der Waals surface area contributed by atoms with Gasteiger partial charge in [0, 0.05) is 18.7 Å². The third kappa shape index (κ3) is 4.10.